The molecule has 1 N–H and O–H groups in total. The van der Waals surface area contributed by atoms with Crippen LogP contribution in [0.15, 0.2) is 121 Å². The fraction of sp³-hybridized carbons (Fsp3) is 0.587. The molecular weight excluding hydrogens is 969 g/mol. The Morgan fingerprint density at radius 3 is 1.57 bits per heavy atom. The van der Waals surface area contributed by atoms with E-state index < -0.39 is 65.4 Å². The van der Waals surface area contributed by atoms with Gasteiger partial charge in [0.15, 0.2) is 8.32 Å². The molecule has 8 nitrogen and oxygen atoms in total. The minimum atomic E-state index is -3.15. The molecule has 1 heterocycles. The van der Waals surface area contributed by atoms with Gasteiger partial charge in [0.05, 0.1) is 48.5 Å². The van der Waals surface area contributed by atoms with E-state index in [1.54, 1.807) is 0 Å². The van der Waals surface area contributed by atoms with Crippen LogP contribution >= 0.6 is 0 Å². The van der Waals surface area contributed by atoms with E-state index in [0.29, 0.717) is 32.5 Å². The number of aliphatic hydroxyl groups excluding tert-OH is 1. The highest BCUT2D eigenvalue weighted by Gasteiger charge is 2.66. The summed E-state index contributed by atoms with van der Waals surface area (Å²) in [6.07, 6.45) is 1.00. The molecule has 0 amide bonds. The molecule has 0 aromatic heterocycles. The second-order valence-corrected chi connectivity index (χ2v) is 40.6. The smallest absolute Gasteiger partial charge is 0.311 e. The van der Waals surface area contributed by atoms with Crippen LogP contribution in [0.4, 0.5) is 0 Å². The average molecular weight is 1060 g/mol. The largest absolute Gasteiger partial charge is 0.465 e. The Balaban J connectivity index is 1.28. The summed E-state index contributed by atoms with van der Waals surface area (Å²) in [4.78, 5) is 28.7. The number of carbonyl (C=O) groups is 2. The molecule has 404 valence electrons. The Morgan fingerprint density at radius 2 is 1.14 bits per heavy atom. The minimum absolute atomic E-state index is 0.0151. The molecule has 1 saturated heterocycles. The molecule has 0 unspecified atom stereocenters. The van der Waals surface area contributed by atoms with Gasteiger partial charge in [0.2, 0.25) is 0 Å². The lowest BCUT2D eigenvalue weighted by Crippen LogP contribution is -2.68. The van der Waals surface area contributed by atoms with E-state index in [1.165, 1.54) is 10.4 Å². The number of ketones is 1. The van der Waals surface area contributed by atoms with Crippen LogP contribution in [0.25, 0.3) is 0 Å². The monoisotopic (exact) mass is 1060 g/mol. The van der Waals surface area contributed by atoms with E-state index in [9.17, 15) is 9.90 Å². The van der Waals surface area contributed by atoms with Crippen LogP contribution in [0.2, 0.25) is 28.2 Å². The summed E-state index contributed by atoms with van der Waals surface area (Å²) in [6.45, 7) is 36.0. The fourth-order valence-electron chi connectivity index (χ4n) is 13.2. The summed E-state index contributed by atoms with van der Waals surface area (Å²) in [5, 5.41) is 17.7. The highest BCUT2D eigenvalue weighted by molar-refractivity contribution is 7.00. The third kappa shape index (κ3) is 11.0. The van der Waals surface area contributed by atoms with Crippen molar-refractivity contribution in [1.29, 1.82) is 0 Å². The number of aliphatic hydroxyl groups is 1. The van der Waals surface area contributed by atoms with E-state index in [2.05, 4.69) is 198 Å². The molecule has 11 heteroatoms. The van der Waals surface area contributed by atoms with Gasteiger partial charge in [-0.05, 0) is 107 Å². The Bertz CT molecular complexity index is 2410. The molecule has 1 spiro atoms. The standard InChI is InChI=1S/C63H92O8Si3/c1-45-41-46(43-69-73(60(8,9)10,47-29-21-17-22-30-47)48-31-23-18-24-32-48)70-63(45)39-38-62(14,54(63)37-40-67-57(66)58(2,3)4)56(65)55-51(44-68-72(15,16)59(5,6)7)53(42-52(55)64)71-74(61(11,12)13,49-33-25-19-26-34-49)50-35-27-20-28-36-50/h17-36,45-46,51,53-56,65H,37-44H2,1-16H3/t45-,46+,51-,53-,54+,55+,56+,62-,63-/m0/s1. The van der Waals surface area contributed by atoms with E-state index in [4.69, 9.17) is 22.8 Å². The predicted octanol–water partition coefficient (Wildman–Crippen LogP) is 11.7. The van der Waals surface area contributed by atoms with Crippen molar-refractivity contribution < 1.29 is 37.4 Å². The van der Waals surface area contributed by atoms with Gasteiger partial charge in [-0.15, -0.1) is 0 Å². The molecule has 9 atom stereocenters. The molecule has 2 saturated carbocycles. The molecule has 0 radical (unpaired) electrons. The van der Waals surface area contributed by atoms with E-state index >= 15 is 4.79 Å². The number of Topliss-reactive ketones (excluding diaryl/α,β-unsaturated/α-hetero) is 1. The van der Waals surface area contributed by atoms with Crippen LogP contribution in [0, 0.1) is 34.5 Å². The third-order valence-corrected chi connectivity index (χ3v) is 32.9. The van der Waals surface area contributed by atoms with Crippen LogP contribution < -0.4 is 20.7 Å². The normalized spacial score (nSPS) is 26.7. The molecule has 4 aromatic rings. The first-order chi connectivity index (χ1) is 34.5. The summed E-state index contributed by atoms with van der Waals surface area (Å²) in [5.74, 6) is -1.58. The summed E-state index contributed by atoms with van der Waals surface area (Å²) < 4.78 is 36.3. The number of hydrogen-bond donors (Lipinski definition) is 1. The van der Waals surface area contributed by atoms with Gasteiger partial charge in [-0.1, -0.05) is 197 Å². The summed E-state index contributed by atoms with van der Waals surface area (Å²) in [7, 11) is -8.38. The molecule has 74 heavy (non-hydrogen) atoms. The van der Waals surface area contributed by atoms with Crippen LogP contribution in [0.1, 0.15) is 129 Å². The number of benzene rings is 4. The lowest BCUT2D eigenvalue weighted by atomic mass is 9.63. The Hall–Kier alpha value is -3.53. The number of rotatable bonds is 17. The molecule has 7 rings (SSSR count). The van der Waals surface area contributed by atoms with Gasteiger partial charge in [0, 0.05) is 24.4 Å². The van der Waals surface area contributed by atoms with Crippen molar-refractivity contribution >= 4 is 57.5 Å². The SMILES string of the molecule is C[C@H]1C[C@H](CO[Si](c2ccccc2)(c2ccccc2)C(C)(C)C)O[C@@]12CC[C@](C)([C@H](O)[C@H]1C(=O)C[C@H](O[Si](c3ccccc3)(c3ccccc3)C(C)(C)C)[C@@H]1CO[Si](C)(C)C(C)(C)C)[C@H]2CCOC(=O)C(C)(C)C. The fourth-order valence-corrected chi connectivity index (χ4v) is 23.6. The van der Waals surface area contributed by atoms with E-state index in [1.807, 2.05) is 32.9 Å². The molecule has 0 bridgehead atoms. The summed E-state index contributed by atoms with van der Waals surface area (Å²) in [5.41, 5.74) is -2.13. The predicted molar refractivity (Wildman–Crippen MR) is 309 cm³/mol. The maximum Gasteiger partial charge on any atom is 0.311 e. The van der Waals surface area contributed by atoms with Crippen molar-refractivity contribution in [1.82, 2.24) is 0 Å². The molecular formula is C63H92O8Si3. The van der Waals surface area contributed by atoms with Crippen molar-refractivity contribution in [2.45, 2.75) is 181 Å². The van der Waals surface area contributed by atoms with Crippen molar-refractivity contribution in [3.8, 4) is 0 Å². The quantitative estimate of drug-likeness (QED) is 0.0824. The first-order valence-electron chi connectivity index (χ1n) is 27.7. The highest BCUT2D eigenvalue weighted by atomic mass is 28.4. The van der Waals surface area contributed by atoms with Crippen LogP contribution in [0.3, 0.4) is 0 Å². The lowest BCUT2D eigenvalue weighted by molar-refractivity contribution is -0.159. The van der Waals surface area contributed by atoms with Crippen molar-refractivity contribution in [3.63, 3.8) is 0 Å². The van der Waals surface area contributed by atoms with E-state index in [0.717, 1.165) is 16.8 Å². The van der Waals surface area contributed by atoms with E-state index in [-0.39, 0.29) is 57.8 Å². The first-order valence-corrected chi connectivity index (χ1v) is 34.4. The van der Waals surface area contributed by atoms with Gasteiger partial charge < -0.3 is 27.9 Å². The molecule has 1 aliphatic heterocycles. The summed E-state index contributed by atoms with van der Waals surface area (Å²) in [6, 6.07) is 42.7. The summed E-state index contributed by atoms with van der Waals surface area (Å²) >= 11 is 0. The van der Waals surface area contributed by atoms with Crippen LogP contribution in [-0.2, 0) is 32.3 Å². The minimum Gasteiger partial charge on any atom is -0.465 e. The zero-order valence-electron chi connectivity index (χ0n) is 48.1. The second-order valence-electron chi connectivity index (χ2n) is 27.2. The topological polar surface area (TPSA) is 101 Å². The zero-order chi connectivity index (χ0) is 54.3. The van der Waals surface area contributed by atoms with Crippen LogP contribution in [-0.4, -0.2) is 85.5 Å². The average Bonchev–Trinajstić information content (AvgIpc) is 3.94. The number of hydrogen-bond acceptors (Lipinski definition) is 8. The van der Waals surface area contributed by atoms with Gasteiger partial charge in [0.25, 0.3) is 16.6 Å². The molecule has 3 aliphatic rings. The first kappa shape index (κ1) is 58.2. The number of ether oxygens (including phenoxy) is 2. The number of esters is 1. The Labute approximate surface area is 449 Å². The second kappa shape index (κ2) is 21.7. The van der Waals surface area contributed by atoms with Gasteiger partial charge in [0.1, 0.15) is 5.78 Å². The third-order valence-electron chi connectivity index (χ3n) is 18.3. The van der Waals surface area contributed by atoms with Crippen molar-refractivity contribution in [2.75, 3.05) is 19.8 Å². The van der Waals surface area contributed by atoms with Crippen LogP contribution in [0.5, 0.6) is 0 Å². The maximum absolute atomic E-state index is 15.3. The molecule has 2 aliphatic carbocycles. The van der Waals surface area contributed by atoms with Gasteiger partial charge in [-0.3, -0.25) is 9.59 Å². The van der Waals surface area contributed by atoms with Gasteiger partial charge in [-0.25, -0.2) is 0 Å². The Morgan fingerprint density at radius 1 is 0.676 bits per heavy atom. The number of carbonyl (C=O) groups excluding carboxylic acids is 2. The maximum atomic E-state index is 15.3. The highest BCUT2D eigenvalue weighted by Crippen LogP contribution is 2.62. The van der Waals surface area contributed by atoms with Crippen molar-refractivity contribution in [2.24, 2.45) is 34.5 Å². The van der Waals surface area contributed by atoms with Gasteiger partial charge >= 0.3 is 5.97 Å². The molecule has 4 aromatic carbocycles. The zero-order valence-corrected chi connectivity index (χ0v) is 51.1. The Kier molecular flexibility index (Phi) is 17.1. The van der Waals surface area contributed by atoms with Crippen molar-refractivity contribution in [3.05, 3.63) is 121 Å². The van der Waals surface area contributed by atoms with Gasteiger partial charge in [-0.2, -0.15) is 0 Å². The molecule has 3 fully saturated rings. The lowest BCUT2D eigenvalue weighted by Gasteiger charge is -2.48.